The molecule has 1 aliphatic heterocycles. The Morgan fingerprint density at radius 2 is 1.82 bits per heavy atom. The lowest BCUT2D eigenvalue weighted by atomic mass is 10.0. The molecule has 2 unspecified atom stereocenters. The monoisotopic (exact) mass is 480 g/mol. The minimum atomic E-state index is -4.35. The number of nitrogens with zero attached hydrogens (tertiary/aromatic N) is 2. The standard InChI is InChI=1S/C24H24ClF3N2O3/c25-21-7-3-18(4-8-21)9-10-23(16-30-12-11-29-17-30)32-15-22(33-23)14-31-13-19-1-5-20(6-2-19)24(26,27)28/h1-8,11-12,17,22H,9-10,13-16H2. The average molecular weight is 481 g/mol. The lowest BCUT2D eigenvalue weighted by Gasteiger charge is -2.28. The topological polar surface area (TPSA) is 45.5 Å². The number of hydrogen-bond acceptors (Lipinski definition) is 4. The number of alkyl halides is 3. The van der Waals surface area contributed by atoms with Gasteiger partial charge in [0, 0.05) is 23.8 Å². The van der Waals surface area contributed by atoms with Crippen LogP contribution in [0.4, 0.5) is 13.2 Å². The van der Waals surface area contributed by atoms with Gasteiger partial charge in [-0.05, 0) is 41.8 Å². The Bertz CT molecular complexity index is 1010. The van der Waals surface area contributed by atoms with E-state index < -0.39 is 17.5 Å². The lowest BCUT2D eigenvalue weighted by Crippen LogP contribution is -2.37. The molecule has 0 bridgehead atoms. The van der Waals surface area contributed by atoms with Crippen molar-refractivity contribution in [2.45, 2.75) is 44.1 Å². The smallest absolute Gasteiger partial charge is 0.374 e. The number of aromatic nitrogens is 2. The number of aryl methyl sites for hydroxylation is 1. The number of rotatable bonds is 9. The highest BCUT2D eigenvalue weighted by molar-refractivity contribution is 6.30. The third kappa shape index (κ3) is 6.57. The molecule has 0 spiro atoms. The highest BCUT2D eigenvalue weighted by Gasteiger charge is 2.41. The van der Waals surface area contributed by atoms with E-state index in [0.29, 0.717) is 30.2 Å². The number of imidazole rings is 1. The van der Waals surface area contributed by atoms with Gasteiger partial charge >= 0.3 is 6.18 Å². The Morgan fingerprint density at radius 3 is 2.48 bits per heavy atom. The molecule has 2 atom stereocenters. The lowest BCUT2D eigenvalue weighted by molar-refractivity contribution is -0.187. The van der Waals surface area contributed by atoms with Crippen LogP contribution in [0.15, 0.2) is 67.3 Å². The molecule has 1 aliphatic rings. The van der Waals surface area contributed by atoms with Crippen LogP contribution in [-0.4, -0.2) is 34.7 Å². The summed E-state index contributed by atoms with van der Waals surface area (Å²) in [5, 5.41) is 0.686. The average Bonchev–Trinajstić information content (AvgIpc) is 3.44. The minimum absolute atomic E-state index is 0.192. The van der Waals surface area contributed by atoms with Crippen LogP contribution >= 0.6 is 11.6 Å². The van der Waals surface area contributed by atoms with E-state index in [4.69, 9.17) is 25.8 Å². The van der Waals surface area contributed by atoms with Crippen molar-refractivity contribution in [3.63, 3.8) is 0 Å². The molecule has 3 aromatic rings. The van der Waals surface area contributed by atoms with Crippen molar-refractivity contribution in [1.29, 1.82) is 0 Å². The molecule has 176 valence electrons. The fourth-order valence-electron chi connectivity index (χ4n) is 3.73. The Labute approximate surface area is 195 Å². The first-order valence-electron chi connectivity index (χ1n) is 10.6. The molecule has 1 aromatic heterocycles. The molecule has 9 heteroatoms. The molecule has 0 saturated carbocycles. The van der Waals surface area contributed by atoms with Gasteiger partial charge in [-0.3, -0.25) is 0 Å². The first-order chi connectivity index (χ1) is 15.8. The van der Waals surface area contributed by atoms with Crippen molar-refractivity contribution in [2.24, 2.45) is 0 Å². The van der Waals surface area contributed by atoms with Crippen LogP contribution in [0.1, 0.15) is 23.1 Å². The van der Waals surface area contributed by atoms with Crippen LogP contribution in [0.2, 0.25) is 5.02 Å². The predicted molar refractivity (Wildman–Crippen MR) is 117 cm³/mol. The number of ether oxygens (including phenoxy) is 3. The van der Waals surface area contributed by atoms with Crippen LogP contribution in [0.25, 0.3) is 0 Å². The zero-order valence-corrected chi connectivity index (χ0v) is 18.6. The normalized spacial score (nSPS) is 20.9. The maximum atomic E-state index is 12.7. The fraction of sp³-hybridized carbons (Fsp3) is 0.375. The van der Waals surface area contributed by atoms with Gasteiger partial charge in [0.1, 0.15) is 6.10 Å². The number of halogens is 4. The highest BCUT2D eigenvalue weighted by Crippen LogP contribution is 2.32. The number of hydrogen-bond donors (Lipinski definition) is 0. The van der Waals surface area contributed by atoms with E-state index in [9.17, 15) is 13.2 Å². The van der Waals surface area contributed by atoms with E-state index in [1.54, 1.807) is 12.5 Å². The maximum Gasteiger partial charge on any atom is 0.416 e. The van der Waals surface area contributed by atoms with Crippen molar-refractivity contribution >= 4 is 11.6 Å². The van der Waals surface area contributed by atoms with Crippen molar-refractivity contribution in [3.05, 3.63) is 89.0 Å². The molecule has 1 fully saturated rings. The summed E-state index contributed by atoms with van der Waals surface area (Å²) in [6, 6.07) is 12.6. The van der Waals surface area contributed by atoms with Crippen LogP contribution in [-0.2, 0) is 40.0 Å². The second kappa shape index (κ2) is 10.3. The summed E-state index contributed by atoms with van der Waals surface area (Å²) in [6.45, 7) is 1.31. The maximum absolute atomic E-state index is 12.7. The second-order valence-corrected chi connectivity index (χ2v) is 8.47. The summed E-state index contributed by atoms with van der Waals surface area (Å²) in [7, 11) is 0. The van der Waals surface area contributed by atoms with Crippen LogP contribution < -0.4 is 0 Å². The molecular weight excluding hydrogens is 457 g/mol. The van der Waals surface area contributed by atoms with E-state index >= 15 is 0 Å². The van der Waals surface area contributed by atoms with E-state index in [-0.39, 0.29) is 19.3 Å². The minimum Gasteiger partial charge on any atom is -0.374 e. The molecule has 0 amide bonds. The van der Waals surface area contributed by atoms with Gasteiger partial charge in [0.2, 0.25) is 0 Å². The summed E-state index contributed by atoms with van der Waals surface area (Å²) >= 11 is 5.98. The SMILES string of the molecule is FC(F)(F)c1ccc(COCC2COC(CCc3ccc(Cl)cc3)(Cn3ccnc3)O2)cc1. The van der Waals surface area contributed by atoms with Crippen molar-refractivity contribution in [2.75, 3.05) is 13.2 Å². The predicted octanol–water partition coefficient (Wildman–Crippen LogP) is 5.52. The number of benzene rings is 2. The molecular formula is C24H24ClF3N2O3. The van der Waals surface area contributed by atoms with Crippen LogP contribution in [0, 0.1) is 0 Å². The molecule has 0 aliphatic carbocycles. The molecule has 0 radical (unpaired) electrons. The molecule has 5 nitrogen and oxygen atoms in total. The Kier molecular flexibility index (Phi) is 7.38. The first-order valence-corrected chi connectivity index (χ1v) is 10.9. The zero-order chi connectivity index (χ0) is 23.3. The highest BCUT2D eigenvalue weighted by atomic mass is 35.5. The quantitative estimate of drug-likeness (QED) is 0.405. The van der Waals surface area contributed by atoms with E-state index in [1.165, 1.54) is 12.1 Å². The molecule has 2 heterocycles. The molecule has 33 heavy (non-hydrogen) atoms. The molecule has 1 saturated heterocycles. The Morgan fingerprint density at radius 1 is 1.09 bits per heavy atom. The van der Waals surface area contributed by atoms with Crippen molar-refractivity contribution in [1.82, 2.24) is 9.55 Å². The second-order valence-electron chi connectivity index (χ2n) is 8.03. The summed E-state index contributed by atoms with van der Waals surface area (Å²) in [5.74, 6) is -0.831. The van der Waals surface area contributed by atoms with E-state index in [1.807, 2.05) is 35.0 Å². The Hall–Kier alpha value is -2.39. The summed E-state index contributed by atoms with van der Waals surface area (Å²) in [5.41, 5.74) is 1.11. The third-order valence-electron chi connectivity index (χ3n) is 5.46. The van der Waals surface area contributed by atoms with E-state index in [2.05, 4.69) is 4.98 Å². The van der Waals surface area contributed by atoms with Gasteiger partial charge in [-0.1, -0.05) is 35.9 Å². The van der Waals surface area contributed by atoms with Gasteiger partial charge < -0.3 is 18.8 Å². The molecule has 4 rings (SSSR count). The van der Waals surface area contributed by atoms with Crippen LogP contribution in [0.5, 0.6) is 0 Å². The summed E-state index contributed by atoms with van der Waals surface area (Å²) in [4.78, 5) is 4.09. The largest absolute Gasteiger partial charge is 0.416 e. The fourth-order valence-corrected chi connectivity index (χ4v) is 3.86. The van der Waals surface area contributed by atoms with Gasteiger partial charge in [0.15, 0.2) is 5.79 Å². The summed E-state index contributed by atoms with van der Waals surface area (Å²) < 4.78 is 58.1. The van der Waals surface area contributed by atoms with Gasteiger partial charge in [0.25, 0.3) is 0 Å². The Balaban J connectivity index is 1.33. The molecule has 0 N–H and O–H groups in total. The van der Waals surface area contributed by atoms with E-state index in [0.717, 1.165) is 24.1 Å². The van der Waals surface area contributed by atoms with Crippen LogP contribution in [0.3, 0.4) is 0 Å². The first kappa shape index (κ1) is 23.8. The zero-order valence-electron chi connectivity index (χ0n) is 17.8. The molecule has 2 aromatic carbocycles. The summed E-state index contributed by atoms with van der Waals surface area (Å²) in [6.07, 6.45) is 2.00. The van der Waals surface area contributed by atoms with Gasteiger partial charge in [-0.2, -0.15) is 13.2 Å². The van der Waals surface area contributed by atoms with Gasteiger partial charge in [-0.15, -0.1) is 0 Å². The van der Waals surface area contributed by atoms with Crippen molar-refractivity contribution in [3.8, 4) is 0 Å². The van der Waals surface area contributed by atoms with Gasteiger partial charge in [-0.25, -0.2) is 4.98 Å². The third-order valence-corrected chi connectivity index (χ3v) is 5.71. The van der Waals surface area contributed by atoms with Crippen molar-refractivity contribution < 1.29 is 27.4 Å². The van der Waals surface area contributed by atoms with Gasteiger partial charge in [0.05, 0.1) is 38.3 Å².